The highest BCUT2D eigenvalue weighted by molar-refractivity contribution is 5.14. The van der Waals surface area contributed by atoms with Crippen LogP contribution in [0.4, 0.5) is 0 Å². The molecular formula is C10H19N. The Morgan fingerprint density at radius 3 is 2.45 bits per heavy atom. The van der Waals surface area contributed by atoms with Crippen LogP contribution in [0.25, 0.3) is 0 Å². The summed E-state index contributed by atoms with van der Waals surface area (Å²) in [5.41, 5.74) is 1.31. The minimum atomic E-state index is 1.18. The predicted octanol–water partition coefficient (Wildman–Crippen LogP) is 2.81. The minimum absolute atomic E-state index is 1.18. The average Bonchev–Trinajstić information content (AvgIpc) is 1.86. The summed E-state index contributed by atoms with van der Waals surface area (Å²) in [7, 11) is 4.08. The molecule has 0 unspecified atom stereocenters. The molecule has 0 aromatic heterocycles. The predicted molar refractivity (Wildman–Crippen MR) is 51.5 cm³/mol. The van der Waals surface area contributed by atoms with E-state index in [1.54, 1.807) is 0 Å². The van der Waals surface area contributed by atoms with Crippen LogP contribution >= 0.6 is 0 Å². The van der Waals surface area contributed by atoms with Gasteiger partial charge in [-0.05, 0) is 18.9 Å². The van der Waals surface area contributed by atoms with Gasteiger partial charge in [-0.15, -0.1) is 0 Å². The van der Waals surface area contributed by atoms with E-state index in [9.17, 15) is 0 Å². The molecule has 0 saturated heterocycles. The van der Waals surface area contributed by atoms with E-state index in [1.165, 1.54) is 18.4 Å². The Hall–Kier alpha value is -0.720. The molecule has 0 saturated carbocycles. The summed E-state index contributed by atoms with van der Waals surface area (Å²) < 4.78 is 0. The quantitative estimate of drug-likeness (QED) is 0.561. The first-order valence-corrected chi connectivity index (χ1v) is 4.18. The number of hydrogen-bond donors (Lipinski definition) is 0. The molecule has 0 rings (SSSR count). The second kappa shape index (κ2) is 6.02. The Bertz CT molecular complexity index is 143. The van der Waals surface area contributed by atoms with Crippen LogP contribution in [-0.2, 0) is 0 Å². The molecule has 0 spiro atoms. The van der Waals surface area contributed by atoms with Crippen molar-refractivity contribution in [2.75, 3.05) is 14.1 Å². The lowest BCUT2D eigenvalue weighted by atomic mass is 10.2. The van der Waals surface area contributed by atoms with Crippen molar-refractivity contribution < 1.29 is 0 Å². The fraction of sp³-hybridized carbons (Fsp3) is 0.600. The van der Waals surface area contributed by atoms with Gasteiger partial charge in [-0.25, -0.2) is 0 Å². The maximum absolute atomic E-state index is 2.22. The molecule has 11 heavy (non-hydrogen) atoms. The molecule has 0 aromatic rings. The van der Waals surface area contributed by atoms with Crippen LogP contribution in [0.3, 0.4) is 0 Å². The van der Waals surface area contributed by atoms with E-state index < -0.39 is 0 Å². The standard InChI is InChI=1S/C10H19N/c1-5-6-7-8-10(2)9-11(3)4/h7-9H,5-6H2,1-4H3/b8-7+,10-9-. The van der Waals surface area contributed by atoms with Gasteiger partial charge in [-0.3, -0.25) is 0 Å². The maximum Gasteiger partial charge on any atom is 0.00557 e. The summed E-state index contributed by atoms with van der Waals surface area (Å²) in [4.78, 5) is 2.06. The van der Waals surface area contributed by atoms with E-state index in [0.717, 1.165) is 0 Å². The lowest BCUT2D eigenvalue weighted by Gasteiger charge is -2.04. The molecule has 0 amide bonds. The molecule has 1 heteroatoms. The fourth-order valence-corrected chi connectivity index (χ4v) is 0.886. The zero-order chi connectivity index (χ0) is 8.69. The lowest BCUT2D eigenvalue weighted by Crippen LogP contribution is -2.01. The van der Waals surface area contributed by atoms with Gasteiger partial charge in [0.15, 0.2) is 0 Å². The second-order valence-corrected chi connectivity index (χ2v) is 3.03. The molecule has 1 nitrogen and oxygen atoms in total. The van der Waals surface area contributed by atoms with E-state index >= 15 is 0 Å². The topological polar surface area (TPSA) is 3.24 Å². The number of nitrogens with zero attached hydrogens (tertiary/aromatic N) is 1. The third-order valence-electron chi connectivity index (χ3n) is 1.30. The Morgan fingerprint density at radius 2 is 2.00 bits per heavy atom. The SMILES string of the molecule is CCC/C=C/C(C)=C\N(C)C. The summed E-state index contributed by atoms with van der Waals surface area (Å²) in [5, 5.41) is 0. The fourth-order valence-electron chi connectivity index (χ4n) is 0.886. The average molecular weight is 153 g/mol. The molecule has 0 heterocycles. The monoisotopic (exact) mass is 153 g/mol. The number of hydrogen-bond acceptors (Lipinski definition) is 1. The number of rotatable bonds is 4. The highest BCUT2D eigenvalue weighted by Gasteiger charge is 1.82. The Balaban J connectivity index is 3.75. The summed E-state index contributed by atoms with van der Waals surface area (Å²) >= 11 is 0. The van der Waals surface area contributed by atoms with Crippen LogP contribution < -0.4 is 0 Å². The van der Waals surface area contributed by atoms with E-state index in [-0.39, 0.29) is 0 Å². The highest BCUT2D eigenvalue weighted by atomic mass is 15.0. The van der Waals surface area contributed by atoms with Crippen molar-refractivity contribution in [1.82, 2.24) is 4.90 Å². The first-order valence-electron chi connectivity index (χ1n) is 4.18. The van der Waals surface area contributed by atoms with Crippen molar-refractivity contribution in [1.29, 1.82) is 0 Å². The summed E-state index contributed by atoms with van der Waals surface area (Å²) in [6, 6.07) is 0. The van der Waals surface area contributed by atoms with Crippen LogP contribution in [0.1, 0.15) is 26.7 Å². The van der Waals surface area contributed by atoms with E-state index in [4.69, 9.17) is 0 Å². The van der Waals surface area contributed by atoms with Gasteiger partial charge in [-0.2, -0.15) is 0 Å². The third-order valence-corrected chi connectivity index (χ3v) is 1.30. The van der Waals surface area contributed by atoms with Crippen molar-refractivity contribution in [2.45, 2.75) is 26.7 Å². The lowest BCUT2D eigenvalue weighted by molar-refractivity contribution is 0.560. The van der Waals surface area contributed by atoms with Gasteiger partial charge in [0, 0.05) is 20.3 Å². The summed E-state index contributed by atoms with van der Waals surface area (Å²) in [6.45, 7) is 4.31. The Morgan fingerprint density at radius 1 is 1.36 bits per heavy atom. The zero-order valence-electron chi connectivity index (χ0n) is 8.09. The molecule has 0 atom stereocenters. The van der Waals surface area contributed by atoms with Gasteiger partial charge < -0.3 is 4.90 Å². The van der Waals surface area contributed by atoms with Gasteiger partial charge in [0.1, 0.15) is 0 Å². The van der Waals surface area contributed by atoms with E-state index in [0.29, 0.717) is 0 Å². The highest BCUT2D eigenvalue weighted by Crippen LogP contribution is 1.98. The normalized spacial score (nSPS) is 12.5. The number of unbranched alkanes of at least 4 members (excludes halogenated alkanes) is 1. The Kier molecular flexibility index (Phi) is 5.63. The van der Waals surface area contributed by atoms with Gasteiger partial charge in [0.2, 0.25) is 0 Å². The van der Waals surface area contributed by atoms with Crippen molar-refractivity contribution in [3.8, 4) is 0 Å². The molecule has 0 radical (unpaired) electrons. The Labute approximate surface area is 70.4 Å². The van der Waals surface area contributed by atoms with Crippen molar-refractivity contribution in [2.24, 2.45) is 0 Å². The maximum atomic E-state index is 2.22. The molecule has 64 valence electrons. The second-order valence-electron chi connectivity index (χ2n) is 3.03. The number of allylic oxidation sites excluding steroid dienone is 3. The van der Waals surface area contributed by atoms with E-state index in [1.807, 2.05) is 14.1 Å². The van der Waals surface area contributed by atoms with Crippen LogP contribution in [0.15, 0.2) is 23.9 Å². The zero-order valence-corrected chi connectivity index (χ0v) is 8.09. The molecule has 0 aromatic carbocycles. The molecule has 0 bridgehead atoms. The van der Waals surface area contributed by atoms with Crippen LogP contribution in [0.2, 0.25) is 0 Å². The minimum Gasteiger partial charge on any atom is -0.383 e. The molecule has 0 N–H and O–H groups in total. The van der Waals surface area contributed by atoms with E-state index in [2.05, 4.69) is 37.1 Å². The molecule has 0 aliphatic carbocycles. The van der Waals surface area contributed by atoms with Crippen LogP contribution in [-0.4, -0.2) is 19.0 Å². The van der Waals surface area contributed by atoms with Crippen LogP contribution in [0, 0.1) is 0 Å². The van der Waals surface area contributed by atoms with Crippen molar-refractivity contribution >= 4 is 0 Å². The first-order chi connectivity index (χ1) is 5.16. The van der Waals surface area contributed by atoms with Gasteiger partial charge in [0.05, 0.1) is 0 Å². The van der Waals surface area contributed by atoms with Crippen LogP contribution in [0.5, 0.6) is 0 Å². The summed E-state index contributed by atoms with van der Waals surface area (Å²) in [5.74, 6) is 0. The van der Waals surface area contributed by atoms with Crippen molar-refractivity contribution in [3.05, 3.63) is 23.9 Å². The van der Waals surface area contributed by atoms with Gasteiger partial charge in [0.25, 0.3) is 0 Å². The largest absolute Gasteiger partial charge is 0.383 e. The molecule has 0 fully saturated rings. The smallest absolute Gasteiger partial charge is 0.00557 e. The molecular weight excluding hydrogens is 134 g/mol. The first kappa shape index (κ1) is 10.3. The molecule has 0 aliphatic rings. The van der Waals surface area contributed by atoms with Crippen molar-refractivity contribution in [3.63, 3.8) is 0 Å². The third kappa shape index (κ3) is 7.17. The van der Waals surface area contributed by atoms with Gasteiger partial charge in [-0.1, -0.05) is 25.5 Å². The summed E-state index contributed by atoms with van der Waals surface area (Å²) in [6.07, 6.45) is 8.91. The van der Waals surface area contributed by atoms with Gasteiger partial charge >= 0.3 is 0 Å². The molecule has 0 aliphatic heterocycles.